The average Bonchev–Trinajstić information content (AvgIpc) is 2.66. The van der Waals surface area contributed by atoms with Crippen LogP contribution in [0.4, 0.5) is 4.39 Å². The zero-order chi connectivity index (χ0) is 19.6. The van der Waals surface area contributed by atoms with Crippen molar-refractivity contribution in [2.75, 3.05) is 34.3 Å². The van der Waals surface area contributed by atoms with Crippen LogP contribution in [0.5, 0.6) is 5.75 Å². The van der Waals surface area contributed by atoms with Crippen molar-refractivity contribution >= 4 is 5.96 Å². The molecule has 2 N–H and O–H groups in total. The molecule has 0 aliphatic carbocycles. The highest BCUT2D eigenvalue weighted by molar-refractivity contribution is 5.79. The molecule has 0 saturated carbocycles. The highest BCUT2D eigenvalue weighted by Crippen LogP contribution is 2.18. The third-order valence-corrected chi connectivity index (χ3v) is 4.22. The fraction of sp³-hybridized carbons (Fsp3) is 0.381. The van der Waals surface area contributed by atoms with Crippen LogP contribution in [0, 0.1) is 5.82 Å². The first-order valence-corrected chi connectivity index (χ1v) is 9.10. The number of benzene rings is 2. The molecule has 2 aromatic rings. The predicted octanol–water partition coefficient (Wildman–Crippen LogP) is 3.19. The Labute approximate surface area is 161 Å². The van der Waals surface area contributed by atoms with Crippen LogP contribution < -0.4 is 15.4 Å². The van der Waals surface area contributed by atoms with Gasteiger partial charge in [-0.05, 0) is 56.4 Å². The van der Waals surface area contributed by atoms with Crippen molar-refractivity contribution in [3.63, 3.8) is 0 Å². The van der Waals surface area contributed by atoms with Gasteiger partial charge < -0.3 is 20.3 Å². The largest absolute Gasteiger partial charge is 0.497 e. The van der Waals surface area contributed by atoms with Gasteiger partial charge >= 0.3 is 0 Å². The smallest absolute Gasteiger partial charge is 0.191 e. The Morgan fingerprint density at radius 2 is 1.93 bits per heavy atom. The molecular weight excluding hydrogens is 343 g/mol. The van der Waals surface area contributed by atoms with Gasteiger partial charge in [0.1, 0.15) is 11.6 Å². The first kappa shape index (κ1) is 20.7. The molecular formula is C21H29FN4O. The molecule has 1 unspecified atom stereocenters. The Morgan fingerprint density at radius 3 is 2.59 bits per heavy atom. The van der Waals surface area contributed by atoms with Gasteiger partial charge in [0, 0.05) is 13.1 Å². The van der Waals surface area contributed by atoms with E-state index < -0.39 is 0 Å². The summed E-state index contributed by atoms with van der Waals surface area (Å²) in [5, 5.41) is 6.62. The molecule has 0 spiro atoms. The number of likely N-dealkylation sites (N-methyl/N-ethyl adjacent to an activating group) is 1. The Kier molecular flexibility index (Phi) is 8.07. The van der Waals surface area contributed by atoms with Crippen LogP contribution in [-0.2, 0) is 6.54 Å². The van der Waals surface area contributed by atoms with E-state index in [2.05, 4.69) is 20.5 Å². The number of nitrogens with zero attached hydrogens (tertiary/aromatic N) is 2. The minimum absolute atomic E-state index is 0.0291. The third kappa shape index (κ3) is 6.57. The Hall–Kier alpha value is -2.60. The average molecular weight is 372 g/mol. The molecule has 0 heterocycles. The van der Waals surface area contributed by atoms with Crippen molar-refractivity contribution in [2.24, 2.45) is 4.99 Å². The standard InChI is InChI=1S/C21H29FN4O/c1-5-23-21(24-14-16-8-6-11-19(12-16)27-4)25-15-20(26(2)3)17-9-7-10-18(22)13-17/h6-13,20H,5,14-15H2,1-4H3,(H2,23,24,25). The van der Waals surface area contributed by atoms with E-state index in [1.807, 2.05) is 51.4 Å². The number of hydrogen-bond donors (Lipinski definition) is 2. The van der Waals surface area contributed by atoms with Crippen molar-refractivity contribution in [1.82, 2.24) is 15.5 Å². The van der Waals surface area contributed by atoms with Gasteiger partial charge in [0.05, 0.1) is 19.7 Å². The van der Waals surface area contributed by atoms with Crippen LogP contribution >= 0.6 is 0 Å². The number of ether oxygens (including phenoxy) is 1. The Balaban J connectivity index is 2.06. The fourth-order valence-corrected chi connectivity index (χ4v) is 2.79. The van der Waals surface area contributed by atoms with Crippen molar-refractivity contribution in [1.29, 1.82) is 0 Å². The summed E-state index contributed by atoms with van der Waals surface area (Å²) >= 11 is 0. The minimum atomic E-state index is -0.224. The van der Waals surface area contributed by atoms with E-state index in [9.17, 15) is 4.39 Å². The third-order valence-electron chi connectivity index (χ3n) is 4.22. The van der Waals surface area contributed by atoms with Gasteiger partial charge in [-0.1, -0.05) is 24.3 Å². The summed E-state index contributed by atoms with van der Waals surface area (Å²) in [5.41, 5.74) is 2.00. The monoisotopic (exact) mass is 372 g/mol. The lowest BCUT2D eigenvalue weighted by atomic mass is 10.1. The number of hydrogen-bond acceptors (Lipinski definition) is 3. The lowest BCUT2D eigenvalue weighted by Gasteiger charge is -2.26. The molecule has 0 amide bonds. The molecule has 0 saturated heterocycles. The molecule has 0 aromatic heterocycles. The summed E-state index contributed by atoms with van der Waals surface area (Å²) in [6.07, 6.45) is 0. The Bertz CT molecular complexity index is 748. The van der Waals surface area contributed by atoms with Crippen LogP contribution in [0.25, 0.3) is 0 Å². The van der Waals surface area contributed by atoms with E-state index >= 15 is 0 Å². The molecule has 0 aliphatic heterocycles. The second-order valence-electron chi connectivity index (χ2n) is 6.46. The molecule has 5 nitrogen and oxygen atoms in total. The van der Waals surface area contributed by atoms with Crippen LogP contribution in [0.2, 0.25) is 0 Å². The van der Waals surface area contributed by atoms with Gasteiger partial charge in [0.15, 0.2) is 5.96 Å². The first-order valence-electron chi connectivity index (χ1n) is 9.10. The van der Waals surface area contributed by atoms with E-state index in [1.54, 1.807) is 19.2 Å². The molecule has 6 heteroatoms. The molecule has 0 bridgehead atoms. The van der Waals surface area contributed by atoms with Gasteiger partial charge in [0.2, 0.25) is 0 Å². The van der Waals surface area contributed by atoms with Crippen molar-refractivity contribution in [2.45, 2.75) is 19.5 Å². The van der Waals surface area contributed by atoms with Crippen molar-refractivity contribution in [3.8, 4) is 5.75 Å². The maximum absolute atomic E-state index is 13.6. The maximum atomic E-state index is 13.6. The van der Waals surface area contributed by atoms with Crippen LogP contribution in [0.15, 0.2) is 53.5 Å². The van der Waals surface area contributed by atoms with Gasteiger partial charge in [-0.15, -0.1) is 0 Å². The summed E-state index contributed by atoms with van der Waals surface area (Å²) in [7, 11) is 5.62. The second kappa shape index (κ2) is 10.5. The number of nitrogens with one attached hydrogen (secondary N) is 2. The van der Waals surface area contributed by atoms with E-state index in [1.165, 1.54) is 6.07 Å². The Morgan fingerprint density at radius 1 is 1.15 bits per heavy atom. The zero-order valence-corrected chi connectivity index (χ0v) is 16.5. The summed E-state index contributed by atoms with van der Waals surface area (Å²) in [6.45, 7) is 3.94. The topological polar surface area (TPSA) is 48.9 Å². The normalized spacial score (nSPS) is 12.7. The fourth-order valence-electron chi connectivity index (χ4n) is 2.79. The SMILES string of the molecule is CCNC(=NCc1cccc(OC)c1)NCC(c1cccc(F)c1)N(C)C. The molecule has 2 aromatic carbocycles. The van der Waals surface area contributed by atoms with E-state index in [4.69, 9.17) is 4.74 Å². The van der Waals surface area contributed by atoms with E-state index in [0.29, 0.717) is 13.1 Å². The lowest BCUT2D eigenvalue weighted by molar-refractivity contribution is 0.297. The molecule has 146 valence electrons. The van der Waals surface area contributed by atoms with Crippen molar-refractivity contribution < 1.29 is 9.13 Å². The number of rotatable bonds is 8. The van der Waals surface area contributed by atoms with Crippen LogP contribution in [0.1, 0.15) is 24.1 Å². The molecule has 1 atom stereocenters. The van der Waals surface area contributed by atoms with Gasteiger partial charge in [-0.2, -0.15) is 0 Å². The lowest BCUT2D eigenvalue weighted by Crippen LogP contribution is -2.41. The molecule has 27 heavy (non-hydrogen) atoms. The minimum Gasteiger partial charge on any atom is -0.497 e. The molecule has 0 radical (unpaired) electrons. The predicted molar refractivity (Wildman–Crippen MR) is 109 cm³/mol. The number of guanidine groups is 1. The maximum Gasteiger partial charge on any atom is 0.191 e. The summed E-state index contributed by atoms with van der Waals surface area (Å²) in [4.78, 5) is 6.71. The van der Waals surface area contributed by atoms with Gasteiger partial charge in [-0.25, -0.2) is 9.38 Å². The summed E-state index contributed by atoms with van der Waals surface area (Å²) in [6, 6.07) is 14.6. The highest BCUT2D eigenvalue weighted by Gasteiger charge is 2.15. The first-order chi connectivity index (χ1) is 13.0. The van der Waals surface area contributed by atoms with Gasteiger partial charge in [-0.3, -0.25) is 0 Å². The summed E-state index contributed by atoms with van der Waals surface area (Å²) in [5.74, 6) is 1.32. The van der Waals surface area contributed by atoms with Crippen molar-refractivity contribution in [3.05, 3.63) is 65.5 Å². The van der Waals surface area contributed by atoms with E-state index in [-0.39, 0.29) is 11.9 Å². The highest BCUT2D eigenvalue weighted by atomic mass is 19.1. The quantitative estimate of drug-likeness (QED) is 0.552. The van der Waals surface area contributed by atoms with E-state index in [0.717, 1.165) is 29.4 Å². The van der Waals surface area contributed by atoms with Gasteiger partial charge in [0.25, 0.3) is 0 Å². The number of methoxy groups -OCH3 is 1. The molecule has 0 aliphatic rings. The summed E-state index contributed by atoms with van der Waals surface area (Å²) < 4.78 is 18.9. The molecule has 0 fully saturated rings. The van der Waals surface area contributed by atoms with Crippen LogP contribution in [0.3, 0.4) is 0 Å². The molecule has 2 rings (SSSR count). The number of halogens is 1. The zero-order valence-electron chi connectivity index (χ0n) is 16.5. The number of aliphatic imine (C=N–C) groups is 1. The second-order valence-corrected chi connectivity index (χ2v) is 6.46. The van der Waals surface area contributed by atoms with Crippen LogP contribution in [-0.4, -0.2) is 45.2 Å².